The number of hydrogen-bond donors (Lipinski definition) is 2. The molecule has 7 nitrogen and oxygen atoms in total. The molecule has 144 valence electrons. The largest absolute Gasteiger partial charge is 0.419 e. The first-order valence-corrected chi connectivity index (χ1v) is 8.34. The topological polar surface area (TPSA) is 93.7 Å². The Morgan fingerprint density at radius 2 is 1.64 bits per heavy atom. The third-order valence-corrected chi connectivity index (χ3v) is 3.73. The van der Waals surface area contributed by atoms with E-state index in [0.29, 0.717) is 16.9 Å². The first-order valence-electron chi connectivity index (χ1n) is 8.34. The molecule has 28 heavy (non-hydrogen) atoms. The summed E-state index contributed by atoms with van der Waals surface area (Å²) < 4.78 is 22.9. The van der Waals surface area contributed by atoms with E-state index in [4.69, 9.17) is 9.47 Å². The highest BCUT2D eigenvalue weighted by Gasteiger charge is 2.38. The molecule has 8 heteroatoms. The molecular formula is C20H17FN2O5. The highest BCUT2D eigenvalue weighted by atomic mass is 19.1. The summed E-state index contributed by atoms with van der Waals surface area (Å²) in [5.41, 5.74) is 0.940. The summed E-state index contributed by atoms with van der Waals surface area (Å²) in [6.07, 6.45) is 1.16. The number of halogens is 1. The summed E-state index contributed by atoms with van der Waals surface area (Å²) in [5.74, 6) is -3.73. The summed E-state index contributed by atoms with van der Waals surface area (Å²) >= 11 is 0. The molecule has 1 aliphatic heterocycles. The van der Waals surface area contributed by atoms with E-state index in [1.54, 1.807) is 18.2 Å². The van der Waals surface area contributed by atoms with Gasteiger partial charge in [0.25, 0.3) is 11.7 Å². The normalized spacial score (nSPS) is 15.3. The molecule has 0 unspecified atom stereocenters. The minimum Gasteiger partial charge on any atom is -0.419 e. The standard InChI is InChI=1S/C20H17FN2O5/c1-20(2)27-18(25)16(19(26)28-20)11-22-15-5-3-4-12(10-15)17(24)23-14-8-6-13(21)7-9-14/h3-11,22H,1-2H3,(H,23,24). The second-order valence-corrected chi connectivity index (χ2v) is 6.42. The minimum absolute atomic E-state index is 0.291. The molecule has 3 rings (SSSR count). The number of carbonyl (C=O) groups is 3. The van der Waals surface area contributed by atoms with E-state index in [2.05, 4.69) is 10.6 Å². The highest BCUT2D eigenvalue weighted by molar-refractivity contribution is 6.15. The van der Waals surface area contributed by atoms with Gasteiger partial charge in [0, 0.05) is 37.0 Å². The quantitative estimate of drug-likeness (QED) is 0.478. The van der Waals surface area contributed by atoms with Crippen LogP contribution in [0.1, 0.15) is 24.2 Å². The second-order valence-electron chi connectivity index (χ2n) is 6.42. The molecule has 0 aliphatic carbocycles. The molecule has 2 aromatic carbocycles. The lowest BCUT2D eigenvalue weighted by Crippen LogP contribution is -2.42. The van der Waals surface area contributed by atoms with Crippen LogP contribution in [0.3, 0.4) is 0 Å². The summed E-state index contributed by atoms with van der Waals surface area (Å²) in [5, 5.41) is 5.42. The van der Waals surface area contributed by atoms with Gasteiger partial charge in [-0.2, -0.15) is 0 Å². The number of anilines is 2. The summed E-state index contributed by atoms with van der Waals surface area (Å²) in [6, 6.07) is 11.8. The van der Waals surface area contributed by atoms with Crippen molar-refractivity contribution in [2.75, 3.05) is 10.6 Å². The molecule has 0 saturated carbocycles. The maximum atomic E-state index is 12.9. The zero-order valence-electron chi connectivity index (χ0n) is 15.1. The van der Waals surface area contributed by atoms with E-state index in [9.17, 15) is 18.8 Å². The molecule has 1 saturated heterocycles. The first kappa shape index (κ1) is 19.1. The average Bonchev–Trinajstić information content (AvgIpc) is 2.62. The van der Waals surface area contributed by atoms with Crippen molar-refractivity contribution in [2.45, 2.75) is 19.6 Å². The Kier molecular flexibility index (Phi) is 5.12. The lowest BCUT2D eigenvalue weighted by atomic mass is 10.1. The fourth-order valence-electron chi connectivity index (χ4n) is 2.42. The van der Waals surface area contributed by atoms with E-state index in [0.717, 1.165) is 6.20 Å². The van der Waals surface area contributed by atoms with Crippen molar-refractivity contribution < 1.29 is 28.2 Å². The summed E-state index contributed by atoms with van der Waals surface area (Å²) in [4.78, 5) is 36.2. The monoisotopic (exact) mass is 384 g/mol. The molecule has 0 atom stereocenters. The van der Waals surface area contributed by atoms with E-state index in [1.807, 2.05) is 0 Å². The van der Waals surface area contributed by atoms with Gasteiger partial charge >= 0.3 is 11.9 Å². The SMILES string of the molecule is CC1(C)OC(=O)C(=CNc2cccc(C(=O)Nc3ccc(F)cc3)c2)C(=O)O1. The van der Waals surface area contributed by atoms with Crippen molar-refractivity contribution in [1.29, 1.82) is 0 Å². The third kappa shape index (κ3) is 4.53. The third-order valence-electron chi connectivity index (χ3n) is 3.73. The lowest BCUT2D eigenvalue weighted by molar-refractivity contribution is -0.222. The van der Waals surface area contributed by atoms with Crippen LogP contribution in [0, 0.1) is 5.82 Å². The number of ether oxygens (including phenoxy) is 2. The molecule has 1 heterocycles. The molecular weight excluding hydrogens is 367 g/mol. The van der Waals surface area contributed by atoms with Gasteiger partial charge in [-0.15, -0.1) is 0 Å². The Hall–Kier alpha value is -3.68. The molecule has 2 N–H and O–H groups in total. The average molecular weight is 384 g/mol. The number of amides is 1. The number of cyclic esters (lactones) is 2. The van der Waals surface area contributed by atoms with Crippen molar-refractivity contribution in [3.8, 4) is 0 Å². The lowest BCUT2D eigenvalue weighted by Gasteiger charge is -2.29. The minimum atomic E-state index is -1.32. The van der Waals surface area contributed by atoms with Crippen molar-refractivity contribution in [3.05, 3.63) is 71.7 Å². The van der Waals surface area contributed by atoms with Crippen LogP contribution in [0.25, 0.3) is 0 Å². The van der Waals surface area contributed by atoms with E-state index >= 15 is 0 Å². The van der Waals surface area contributed by atoms with Crippen LogP contribution in [-0.2, 0) is 19.1 Å². The Balaban J connectivity index is 1.71. The number of esters is 2. The summed E-state index contributed by atoms with van der Waals surface area (Å²) in [6.45, 7) is 2.91. The van der Waals surface area contributed by atoms with E-state index in [1.165, 1.54) is 44.2 Å². The van der Waals surface area contributed by atoms with Crippen molar-refractivity contribution in [1.82, 2.24) is 0 Å². The van der Waals surface area contributed by atoms with Crippen LogP contribution in [-0.4, -0.2) is 23.6 Å². The molecule has 2 aromatic rings. The van der Waals surface area contributed by atoms with Crippen LogP contribution in [0.5, 0.6) is 0 Å². The Morgan fingerprint density at radius 1 is 1.00 bits per heavy atom. The van der Waals surface area contributed by atoms with Gasteiger partial charge in [-0.3, -0.25) is 4.79 Å². The van der Waals surface area contributed by atoms with Gasteiger partial charge in [0.2, 0.25) is 0 Å². The van der Waals surface area contributed by atoms with Crippen LogP contribution in [0.4, 0.5) is 15.8 Å². The van der Waals surface area contributed by atoms with Crippen molar-refractivity contribution in [2.24, 2.45) is 0 Å². The number of hydrogen-bond acceptors (Lipinski definition) is 6. The molecule has 0 radical (unpaired) electrons. The number of benzene rings is 2. The van der Waals surface area contributed by atoms with Crippen molar-refractivity contribution in [3.63, 3.8) is 0 Å². The highest BCUT2D eigenvalue weighted by Crippen LogP contribution is 2.23. The Bertz CT molecular complexity index is 945. The Morgan fingerprint density at radius 3 is 2.29 bits per heavy atom. The predicted molar refractivity (Wildman–Crippen MR) is 98.8 cm³/mol. The zero-order chi connectivity index (χ0) is 20.3. The smallest absolute Gasteiger partial charge is 0.350 e. The Labute approximate surface area is 160 Å². The second kappa shape index (κ2) is 7.51. The van der Waals surface area contributed by atoms with E-state index in [-0.39, 0.29) is 5.57 Å². The molecule has 1 amide bonds. The molecule has 0 aromatic heterocycles. The van der Waals surface area contributed by atoms with Gasteiger partial charge in [-0.1, -0.05) is 6.07 Å². The maximum absolute atomic E-state index is 12.9. The van der Waals surface area contributed by atoms with Gasteiger partial charge < -0.3 is 20.1 Å². The van der Waals surface area contributed by atoms with E-state index < -0.39 is 29.5 Å². The fraction of sp³-hybridized carbons (Fsp3) is 0.150. The molecule has 0 bridgehead atoms. The fourth-order valence-corrected chi connectivity index (χ4v) is 2.42. The van der Waals surface area contributed by atoms with Crippen LogP contribution in [0.2, 0.25) is 0 Å². The maximum Gasteiger partial charge on any atom is 0.350 e. The predicted octanol–water partition coefficient (Wildman–Crippen LogP) is 3.21. The number of carbonyl (C=O) groups excluding carboxylic acids is 3. The van der Waals surface area contributed by atoms with Gasteiger partial charge in [-0.05, 0) is 42.5 Å². The first-order chi connectivity index (χ1) is 13.2. The number of rotatable bonds is 4. The summed E-state index contributed by atoms with van der Waals surface area (Å²) in [7, 11) is 0. The molecule has 1 aliphatic rings. The number of nitrogens with one attached hydrogen (secondary N) is 2. The van der Waals surface area contributed by atoms with Gasteiger partial charge in [-0.25, -0.2) is 14.0 Å². The van der Waals surface area contributed by atoms with Crippen molar-refractivity contribution >= 4 is 29.2 Å². The molecule has 0 spiro atoms. The molecule has 1 fully saturated rings. The van der Waals surface area contributed by atoms with Gasteiger partial charge in [0.1, 0.15) is 5.82 Å². The van der Waals surface area contributed by atoms with Gasteiger partial charge in [0.05, 0.1) is 0 Å². The van der Waals surface area contributed by atoms with Crippen LogP contribution in [0.15, 0.2) is 60.3 Å². The van der Waals surface area contributed by atoms with Crippen LogP contribution >= 0.6 is 0 Å². The zero-order valence-corrected chi connectivity index (χ0v) is 15.1. The van der Waals surface area contributed by atoms with Gasteiger partial charge in [0.15, 0.2) is 5.57 Å². The van der Waals surface area contributed by atoms with Crippen LogP contribution < -0.4 is 10.6 Å².